The average molecular weight is 524 g/mol. The molecule has 0 bridgehead atoms. The summed E-state index contributed by atoms with van der Waals surface area (Å²) in [7, 11) is 0. The molecule has 178 valence electrons. The topological polar surface area (TPSA) is 23.6 Å². The third-order valence-electron chi connectivity index (χ3n) is 6.23. The molecule has 1 heterocycles. The van der Waals surface area contributed by atoms with Gasteiger partial charge in [-0.3, -0.25) is 4.79 Å². The number of hydrogen-bond acceptors (Lipinski definition) is 2. The number of carbonyl (C=O) groups is 1. The van der Waals surface area contributed by atoms with Crippen LogP contribution in [-0.4, -0.2) is 23.4 Å². The highest BCUT2D eigenvalue weighted by Gasteiger charge is 2.34. The van der Waals surface area contributed by atoms with Crippen LogP contribution in [0.3, 0.4) is 0 Å². The summed E-state index contributed by atoms with van der Waals surface area (Å²) in [5.41, 5.74) is 2.44. The molecule has 2 unspecified atom stereocenters. The molecule has 1 saturated heterocycles. The van der Waals surface area contributed by atoms with E-state index in [1.807, 2.05) is 30.3 Å². The molecule has 1 aliphatic heterocycles. The lowest BCUT2D eigenvalue weighted by atomic mass is 9.90. The van der Waals surface area contributed by atoms with Crippen molar-refractivity contribution in [1.82, 2.24) is 4.90 Å². The van der Waals surface area contributed by atoms with Gasteiger partial charge in [-0.05, 0) is 66.4 Å². The molecule has 3 aromatic rings. The smallest absolute Gasteiger partial charge is 0.219 e. The second kappa shape index (κ2) is 10.5. The molecule has 0 N–H and O–H groups in total. The van der Waals surface area contributed by atoms with Crippen LogP contribution in [0.5, 0.6) is 0 Å². The van der Waals surface area contributed by atoms with Crippen LogP contribution in [-0.2, 0) is 11.3 Å². The van der Waals surface area contributed by atoms with E-state index in [4.69, 9.17) is 34.8 Å². The SMILES string of the molecule is CC(=O)N(Cc1ccc(F)c(F)c1)C1CCN(c2ccc(Cl)cc2Cl)C(c2ccc(Cl)cc2)C1. The number of anilines is 1. The van der Waals surface area contributed by atoms with Gasteiger partial charge in [0.1, 0.15) is 0 Å². The predicted molar refractivity (Wildman–Crippen MR) is 134 cm³/mol. The summed E-state index contributed by atoms with van der Waals surface area (Å²) >= 11 is 18.8. The van der Waals surface area contributed by atoms with Gasteiger partial charge in [-0.2, -0.15) is 0 Å². The van der Waals surface area contributed by atoms with Gasteiger partial charge in [-0.15, -0.1) is 0 Å². The van der Waals surface area contributed by atoms with Crippen LogP contribution in [0.25, 0.3) is 0 Å². The van der Waals surface area contributed by atoms with Crippen molar-refractivity contribution in [1.29, 1.82) is 0 Å². The van der Waals surface area contributed by atoms with Crippen LogP contribution in [0.4, 0.5) is 14.5 Å². The summed E-state index contributed by atoms with van der Waals surface area (Å²) < 4.78 is 27.2. The number of halogens is 5. The summed E-state index contributed by atoms with van der Waals surface area (Å²) in [5.74, 6) is -1.95. The van der Waals surface area contributed by atoms with E-state index < -0.39 is 11.6 Å². The monoisotopic (exact) mass is 522 g/mol. The van der Waals surface area contributed by atoms with Gasteiger partial charge in [0.2, 0.25) is 5.91 Å². The van der Waals surface area contributed by atoms with Crippen LogP contribution in [0.2, 0.25) is 15.1 Å². The normalized spacial score (nSPS) is 18.1. The van der Waals surface area contributed by atoms with E-state index in [0.29, 0.717) is 40.0 Å². The highest BCUT2D eigenvalue weighted by atomic mass is 35.5. The predicted octanol–water partition coefficient (Wildman–Crippen LogP) is 7.68. The number of rotatable bonds is 5. The van der Waals surface area contributed by atoms with Crippen molar-refractivity contribution in [3.05, 3.63) is 98.5 Å². The minimum atomic E-state index is -0.924. The Morgan fingerprint density at radius 3 is 2.32 bits per heavy atom. The molecule has 3 nitrogen and oxygen atoms in total. The van der Waals surface area contributed by atoms with Crippen molar-refractivity contribution in [2.45, 2.75) is 38.4 Å². The van der Waals surface area contributed by atoms with E-state index in [1.165, 1.54) is 13.0 Å². The molecular formula is C26H23Cl3F2N2O. The molecule has 0 radical (unpaired) electrons. The van der Waals surface area contributed by atoms with Gasteiger partial charge in [0.05, 0.1) is 16.8 Å². The third kappa shape index (κ3) is 5.48. The zero-order valence-electron chi connectivity index (χ0n) is 18.4. The lowest BCUT2D eigenvalue weighted by Gasteiger charge is -2.45. The van der Waals surface area contributed by atoms with Crippen molar-refractivity contribution < 1.29 is 13.6 Å². The molecule has 0 spiro atoms. The molecule has 0 aromatic heterocycles. The zero-order valence-corrected chi connectivity index (χ0v) is 20.7. The third-order valence-corrected chi connectivity index (χ3v) is 7.02. The Hall–Kier alpha value is -2.34. The summed E-state index contributed by atoms with van der Waals surface area (Å²) in [6.45, 7) is 2.34. The van der Waals surface area contributed by atoms with E-state index in [0.717, 1.165) is 23.4 Å². The number of benzene rings is 3. The van der Waals surface area contributed by atoms with Crippen molar-refractivity contribution in [2.24, 2.45) is 0 Å². The van der Waals surface area contributed by atoms with E-state index in [9.17, 15) is 13.6 Å². The summed E-state index contributed by atoms with van der Waals surface area (Å²) in [4.78, 5) is 16.6. The molecule has 34 heavy (non-hydrogen) atoms. The van der Waals surface area contributed by atoms with Crippen molar-refractivity contribution in [2.75, 3.05) is 11.4 Å². The first-order valence-electron chi connectivity index (χ1n) is 10.9. The molecular weight excluding hydrogens is 501 g/mol. The number of hydrogen-bond donors (Lipinski definition) is 0. The maximum Gasteiger partial charge on any atom is 0.219 e. The van der Waals surface area contributed by atoms with E-state index in [-0.39, 0.29) is 24.5 Å². The van der Waals surface area contributed by atoms with Crippen LogP contribution in [0, 0.1) is 11.6 Å². The fourth-order valence-corrected chi connectivity index (χ4v) is 5.21. The van der Waals surface area contributed by atoms with Crippen LogP contribution < -0.4 is 4.90 Å². The van der Waals surface area contributed by atoms with E-state index in [2.05, 4.69) is 4.90 Å². The first kappa shape index (κ1) is 24.8. The van der Waals surface area contributed by atoms with Crippen molar-refractivity contribution >= 4 is 46.4 Å². The van der Waals surface area contributed by atoms with Gasteiger partial charge in [0.15, 0.2) is 11.6 Å². The molecule has 3 aromatic carbocycles. The number of nitrogens with zero attached hydrogens (tertiary/aromatic N) is 2. The molecule has 0 aliphatic carbocycles. The van der Waals surface area contributed by atoms with Gasteiger partial charge in [0.25, 0.3) is 0 Å². The fourth-order valence-electron chi connectivity index (χ4n) is 4.57. The second-order valence-electron chi connectivity index (χ2n) is 8.43. The maximum absolute atomic E-state index is 13.8. The van der Waals surface area contributed by atoms with Crippen LogP contribution >= 0.6 is 34.8 Å². The zero-order chi connectivity index (χ0) is 24.4. The van der Waals surface area contributed by atoms with Gasteiger partial charge in [-0.1, -0.05) is 53.0 Å². The number of amides is 1. The van der Waals surface area contributed by atoms with Crippen molar-refractivity contribution in [3.8, 4) is 0 Å². The average Bonchev–Trinajstić information content (AvgIpc) is 2.80. The lowest BCUT2D eigenvalue weighted by Crippen LogP contribution is -2.48. The first-order valence-corrected chi connectivity index (χ1v) is 12.0. The Morgan fingerprint density at radius 2 is 1.68 bits per heavy atom. The Kier molecular flexibility index (Phi) is 7.66. The number of carbonyl (C=O) groups excluding carboxylic acids is 1. The van der Waals surface area contributed by atoms with Gasteiger partial charge in [-0.25, -0.2) is 8.78 Å². The number of piperidine rings is 1. The van der Waals surface area contributed by atoms with E-state index >= 15 is 0 Å². The molecule has 8 heteroatoms. The lowest BCUT2D eigenvalue weighted by molar-refractivity contribution is -0.132. The van der Waals surface area contributed by atoms with Crippen LogP contribution in [0.1, 0.15) is 36.9 Å². The highest BCUT2D eigenvalue weighted by molar-refractivity contribution is 6.36. The standard InChI is InChI=1S/C26H23Cl3F2N2O/c1-16(34)33(15-17-2-8-23(30)24(31)12-17)21-10-11-32(25-9-7-20(28)13-22(25)29)26(14-21)18-3-5-19(27)6-4-18/h2-9,12-13,21,26H,10-11,14-15H2,1H3. The molecule has 2 atom stereocenters. The fraction of sp³-hybridized carbons (Fsp3) is 0.269. The summed E-state index contributed by atoms with van der Waals surface area (Å²) in [5, 5.41) is 1.74. The Bertz CT molecular complexity index is 1190. The maximum atomic E-state index is 13.8. The highest BCUT2D eigenvalue weighted by Crippen LogP contribution is 2.41. The quantitative estimate of drug-likeness (QED) is 0.342. The van der Waals surface area contributed by atoms with Gasteiger partial charge >= 0.3 is 0 Å². The van der Waals surface area contributed by atoms with Crippen LogP contribution in [0.15, 0.2) is 60.7 Å². The van der Waals surface area contributed by atoms with E-state index in [1.54, 1.807) is 17.0 Å². The minimum absolute atomic E-state index is 0.0819. The van der Waals surface area contributed by atoms with Gasteiger partial charge < -0.3 is 9.80 Å². The first-order chi connectivity index (χ1) is 16.2. The molecule has 1 aliphatic rings. The van der Waals surface area contributed by atoms with Gasteiger partial charge in [0, 0.05) is 36.1 Å². The second-order valence-corrected chi connectivity index (χ2v) is 9.71. The Balaban J connectivity index is 1.65. The molecule has 1 amide bonds. The summed E-state index contributed by atoms with van der Waals surface area (Å²) in [6, 6.07) is 16.6. The Labute approximate surface area is 212 Å². The summed E-state index contributed by atoms with van der Waals surface area (Å²) in [6.07, 6.45) is 1.32. The molecule has 0 saturated carbocycles. The largest absolute Gasteiger partial charge is 0.363 e. The molecule has 4 rings (SSSR count). The minimum Gasteiger partial charge on any atom is -0.363 e. The van der Waals surface area contributed by atoms with Crippen molar-refractivity contribution in [3.63, 3.8) is 0 Å². The molecule has 1 fully saturated rings. The Morgan fingerprint density at radius 1 is 0.971 bits per heavy atom.